The molecule has 3 nitrogen and oxygen atoms in total. The van der Waals surface area contributed by atoms with Crippen molar-refractivity contribution in [3.8, 4) is 16.9 Å². The van der Waals surface area contributed by atoms with Crippen LogP contribution in [0, 0.1) is 0 Å². The van der Waals surface area contributed by atoms with Gasteiger partial charge in [-0.05, 0) is 24.3 Å². The topological polar surface area (TPSA) is 37.8 Å². The van der Waals surface area contributed by atoms with Gasteiger partial charge in [-0.1, -0.05) is 41.9 Å². The van der Waals surface area contributed by atoms with Crippen molar-refractivity contribution in [1.29, 1.82) is 0 Å². The molecule has 0 saturated carbocycles. The standard InChI is InChI=1S/C16H10ClF3N2O/c17-13-14(10-6-8-11(9-7-10)16(18,19)20)22(21-15(13)23)12-4-2-1-3-5-12/h1-9H,(H,21,23). The maximum atomic E-state index is 12.7. The van der Waals surface area contributed by atoms with E-state index in [2.05, 4.69) is 5.10 Å². The second-order valence-corrected chi connectivity index (χ2v) is 5.23. The molecule has 1 N–H and O–H groups in total. The SMILES string of the molecule is O=c1[nH]n(-c2ccccc2)c(-c2ccc(C(F)(F)F)cc2)c1Cl. The fourth-order valence-corrected chi connectivity index (χ4v) is 2.49. The van der Waals surface area contributed by atoms with Crippen LogP contribution in [-0.2, 0) is 6.18 Å². The van der Waals surface area contributed by atoms with Crippen LogP contribution in [0.1, 0.15) is 5.56 Å². The fraction of sp³-hybridized carbons (Fsp3) is 0.0625. The molecule has 0 spiro atoms. The summed E-state index contributed by atoms with van der Waals surface area (Å²) >= 11 is 6.04. The predicted octanol–water partition coefficient (Wildman–Crippen LogP) is 4.50. The molecule has 118 valence electrons. The number of benzene rings is 2. The Kier molecular flexibility index (Phi) is 3.77. The van der Waals surface area contributed by atoms with Gasteiger partial charge in [-0.15, -0.1) is 0 Å². The molecule has 0 amide bonds. The molecular weight excluding hydrogens is 329 g/mol. The number of aromatic amines is 1. The highest BCUT2D eigenvalue weighted by molar-refractivity contribution is 6.33. The van der Waals surface area contributed by atoms with Gasteiger partial charge in [-0.25, -0.2) is 0 Å². The molecule has 3 aromatic rings. The Balaban J connectivity index is 2.15. The van der Waals surface area contributed by atoms with Crippen LogP contribution < -0.4 is 5.56 Å². The number of halogens is 4. The molecule has 0 atom stereocenters. The van der Waals surface area contributed by atoms with E-state index in [-0.39, 0.29) is 5.02 Å². The average Bonchev–Trinajstić information content (AvgIpc) is 2.83. The maximum absolute atomic E-state index is 12.7. The molecule has 3 rings (SSSR count). The third-order valence-corrected chi connectivity index (χ3v) is 3.69. The van der Waals surface area contributed by atoms with Crippen LogP contribution in [0.5, 0.6) is 0 Å². The summed E-state index contributed by atoms with van der Waals surface area (Å²) in [5.74, 6) is 0. The molecule has 7 heteroatoms. The van der Waals surface area contributed by atoms with Gasteiger partial charge in [0.05, 0.1) is 16.9 Å². The fourth-order valence-electron chi connectivity index (χ4n) is 2.26. The summed E-state index contributed by atoms with van der Waals surface area (Å²) in [5, 5.41) is 2.50. The number of rotatable bonds is 2. The van der Waals surface area contributed by atoms with Crippen molar-refractivity contribution >= 4 is 11.6 Å². The normalized spacial score (nSPS) is 11.7. The van der Waals surface area contributed by atoms with E-state index in [4.69, 9.17) is 11.6 Å². The lowest BCUT2D eigenvalue weighted by molar-refractivity contribution is -0.137. The van der Waals surface area contributed by atoms with E-state index >= 15 is 0 Å². The van der Waals surface area contributed by atoms with E-state index in [1.54, 1.807) is 24.3 Å². The van der Waals surface area contributed by atoms with Crippen molar-refractivity contribution in [1.82, 2.24) is 9.78 Å². The van der Waals surface area contributed by atoms with Crippen LogP contribution in [0.4, 0.5) is 13.2 Å². The highest BCUT2D eigenvalue weighted by atomic mass is 35.5. The Morgan fingerprint density at radius 2 is 1.57 bits per heavy atom. The molecule has 0 fully saturated rings. The Morgan fingerprint density at radius 3 is 2.13 bits per heavy atom. The molecule has 0 unspecified atom stereocenters. The molecule has 0 aliphatic rings. The summed E-state index contributed by atoms with van der Waals surface area (Å²) in [5.41, 5.74) is 0.0973. The zero-order chi connectivity index (χ0) is 16.6. The van der Waals surface area contributed by atoms with Gasteiger partial charge in [-0.2, -0.15) is 13.2 Å². The number of aromatic nitrogens is 2. The van der Waals surface area contributed by atoms with Crippen molar-refractivity contribution < 1.29 is 13.2 Å². The van der Waals surface area contributed by atoms with Crippen LogP contribution in [0.3, 0.4) is 0 Å². The van der Waals surface area contributed by atoms with Crippen molar-refractivity contribution in [3.05, 3.63) is 75.5 Å². The number of nitrogens with zero attached hydrogens (tertiary/aromatic N) is 1. The first-order valence-electron chi connectivity index (χ1n) is 6.61. The van der Waals surface area contributed by atoms with Crippen LogP contribution >= 0.6 is 11.6 Å². The van der Waals surface area contributed by atoms with Crippen molar-refractivity contribution in [2.45, 2.75) is 6.18 Å². The van der Waals surface area contributed by atoms with Gasteiger partial charge in [0.1, 0.15) is 5.02 Å². The minimum absolute atomic E-state index is 0.0754. The van der Waals surface area contributed by atoms with Crippen molar-refractivity contribution in [2.75, 3.05) is 0 Å². The third kappa shape index (κ3) is 2.90. The molecular formula is C16H10ClF3N2O. The maximum Gasteiger partial charge on any atom is 0.416 e. The number of hydrogen-bond acceptors (Lipinski definition) is 1. The number of para-hydroxylation sites is 1. The van der Waals surface area contributed by atoms with Crippen LogP contribution in [0.2, 0.25) is 5.02 Å². The molecule has 1 heterocycles. The van der Waals surface area contributed by atoms with Gasteiger partial charge in [0.15, 0.2) is 0 Å². The molecule has 23 heavy (non-hydrogen) atoms. The van der Waals surface area contributed by atoms with Gasteiger partial charge in [-0.3, -0.25) is 14.6 Å². The summed E-state index contributed by atoms with van der Waals surface area (Å²) in [6.07, 6.45) is -4.42. The van der Waals surface area contributed by atoms with Crippen LogP contribution in [0.25, 0.3) is 16.9 Å². The molecule has 2 aromatic carbocycles. The quantitative estimate of drug-likeness (QED) is 0.733. The third-order valence-electron chi connectivity index (χ3n) is 3.34. The average molecular weight is 339 g/mol. The van der Waals surface area contributed by atoms with E-state index in [0.29, 0.717) is 16.9 Å². The minimum Gasteiger partial charge on any atom is -0.266 e. The van der Waals surface area contributed by atoms with Crippen LogP contribution in [0.15, 0.2) is 59.4 Å². The number of H-pyrrole nitrogens is 1. The molecule has 0 saturated heterocycles. The molecule has 0 radical (unpaired) electrons. The van der Waals surface area contributed by atoms with Crippen molar-refractivity contribution in [3.63, 3.8) is 0 Å². The first-order valence-corrected chi connectivity index (χ1v) is 6.99. The lowest BCUT2D eigenvalue weighted by Gasteiger charge is -2.10. The van der Waals surface area contributed by atoms with E-state index in [1.807, 2.05) is 6.07 Å². The minimum atomic E-state index is -4.42. The predicted molar refractivity (Wildman–Crippen MR) is 81.8 cm³/mol. The van der Waals surface area contributed by atoms with Gasteiger partial charge >= 0.3 is 6.18 Å². The molecule has 0 bridgehead atoms. The molecule has 0 aliphatic carbocycles. The Bertz CT molecular complexity index is 880. The summed E-state index contributed by atoms with van der Waals surface area (Å²) in [6, 6.07) is 13.4. The van der Waals surface area contributed by atoms with Gasteiger partial charge < -0.3 is 0 Å². The highest BCUT2D eigenvalue weighted by Gasteiger charge is 2.30. The monoisotopic (exact) mass is 338 g/mol. The van der Waals surface area contributed by atoms with E-state index < -0.39 is 17.3 Å². The number of nitrogens with one attached hydrogen (secondary N) is 1. The second-order valence-electron chi connectivity index (χ2n) is 4.85. The Morgan fingerprint density at radius 1 is 0.957 bits per heavy atom. The van der Waals surface area contributed by atoms with E-state index in [9.17, 15) is 18.0 Å². The Labute approximate surface area is 133 Å². The van der Waals surface area contributed by atoms with E-state index in [1.165, 1.54) is 16.8 Å². The summed E-state index contributed by atoms with van der Waals surface area (Å²) in [4.78, 5) is 11.8. The number of alkyl halides is 3. The van der Waals surface area contributed by atoms with Gasteiger partial charge in [0, 0.05) is 5.56 Å². The highest BCUT2D eigenvalue weighted by Crippen LogP contribution is 2.33. The first kappa shape index (κ1) is 15.4. The smallest absolute Gasteiger partial charge is 0.266 e. The molecule has 0 aliphatic heterocycles. The molecule has 1 aromatic heterocycles. The lowest BCUT2D eigenvalue weighted by Crippen LogP contribution is -2.05. The zero-order valence-corrected chi connectivity index (χ0v) is 12.3. The van der Waals surface area contributed by atoms with Gasteiger partial charge in [0.25, 0.3) is 5.56 Å². The van der Waals surface area contributed by atoms with E-state index in [0.717, 1.165) is 12.1 Å². The first-order chi connectivity index (χ1) is 10.9. The summed E-state index contributed by atoms with van der Waals surface area (Å²) < 4.78 is 39.4. The van der Waals surface area contributed by atoms with Crippen molar-refractivity contribution in [2.24, 2.45) is 0 Å². The lowest BCUT2D eigenvalue weighted by atomic mass is 10.1. The number of hydrogen-bond donors (Lipinski definition) is 1. The summed E-state index contributed by atoms with van der Waals surface area (Å²) in [7, 11) is 0. The summed E-state index contributed by atoms with van der Waals surface area (Å²) in [6.45, 7) is 0. The zero-order valence-electron chi connectivity index (χ0n) is 11.6. The van der Waals surface area contributed by atoms with Crippen LogP contribution in [-0.4, -0.2) is 9.78 Å². The second kappa shape index (κ2) is 5.62. The Hall–Kier alpha value is -2.47. The largest absolute Gasteiger partial charge is 0.416 e. The van der Waals surface area contributed by atoms with Gasteiger partial charge in [0.2, 0.25) is 0 Å².